The van der Waals surface area contributed by atoms with Crippen LogP contribution in [0, 0.1) is 11.3 Å². The topological polar surface area (TPSA) is 90.7 Å². The van der Waals surface area contributed by atoms with Crippen LogP contribution < -0.4 is 18.9 Å². The second-order valence-corrected chi connectivity index (χ2v) is 9.20. The number of nitriles is 1. The maximum Gasteiger partial charge on any atom is 0.231 e. The maximum absolute atomic E-state index is 12.4. The number of carbonyl (C=O) groups is 1. The highest BCUT2D eigenvalue weighted by molar-refractivity contribution is 7.11. The summed E-state index contributed by atoms with van der Waals surface area (Å²) in [4.78, 5) is 17.1. The Balaban J connectivity index is 1.32. The van der Waals surface area contributed by atoms with Gasteiger partial charge in [-0.25, -0.2) is 4.98 Å². The number of hydrogen-bond donors (Lipinski definition) is 0. The van der Waals surface area contributed by atoms with Crippen molar-refractivity contribution in [1.82, 2.24) is 4.98 Å². The molecule has 0 fully saturated rings. The highest BCUT2D eigenvalue weighted by atomic mass is 35.5. The van der Waals surface area contributed by atoms with Crippen LogP contribution in [0.2, 0.25) is 5.02 Å². The van der Waals surface area contributed by atoms with Crippen molar-refractivity contribution in [2.24, 2.45) is 0 Å². The van der Waals surface area contributed by atoms with E-state index in [1.165, 1.54) is 18.4 Å². The number of nitrogens with zero attached hydrogens (tertiary/aromatic N) is 2. The minimum atomic E-state index is -0.184. The molecule has 184 valence electrons. The number of ether oxygens (including phenoxy) is 4. The number of methoxy groups -OCH3 is 1. The van der Waals surface area contributed by atoms with Crippen molar-refractivity contribution in [3.8, 4) is 40.3 Å². The first-order chi connectivity index (χ1) is 18.0. The largest absolute Gasteiger partial charge is 0.493 e. The highest BCUT2D eigenvalue weighted by Gasteiger charge is 2.16. The van der Waals surface area contributed by atoms with Gasteiger partial charge in [0.2, 0.25) is 6.79 Å². The van der Waals surface area contributed by atoms with Gasteiger partial charge in [0.1, 0.15) is 11.1 Å². The zero-order valence-electron chi connectivity index (χ0n) is 19.6. The van der Waals surface area contributed by atoms with Gasteiger partial charge in [0, 0.05) is 21.5 Å². The number of carbonyl (C=O) groups excluding carboxylic acids is 1. The number of thiazole rings is 1. The van der Waals surface area contributed by atoms with Crippen LogP contribution in [-0.2, 0) is 0 Å². The fourth-order valence-corrected chi connectivity index (χ4v) is 4.57. The molecule has 0 bridgehead atoms. The average Bonchev–Trinajstić information content (AvgIpc) is 3.60. The number of rotatable bonds is 8. The Kier molecular flexibility index (Phi) is 7.08. The van der Waals surface area contributed by atoms with Crippen LogP contribution in [0.4, 0.5) is 0 Å². The number of halogens is 1. The van der Waals surface area contributed by atoms with Crippen molar-refractivity contribution in [3.63, 3.8) is 0 Å². The fourth-order valence-electron chi connectivity index (χ4n) is 3.65. The third-order valence-corrected chi connectivity index (χ3v) is 6.67. The summed E-state index contributed by atoms with van der Waals surface area (Å²) >= 11 is 7.26. The molecule has 1 aliphatic heterocycles. The van der Waals surface area contributed by atoms with E-state index in [0.717, 1.165) is 16.8 Å². The van der Waals surface area contributed by atoms with Gasteiger partial charge in [0.15, 0.2) is 35.4 Å². The van der Waals surface area contributed by atoms with Gasteiger partial charge in [-0.15, -0.1) is 11.3 Å². The number of hydrogen-bond acceptors (Lipinski definition) is 8. The normalized spacial score (nSPS) is 12.2. The third kappa shape index (κ3) is 5.43. The Morgan fingerprint density at radius 1 is 1.11 bits per heavy atom. The van der Waals surface area contributed by atoms with Crippen molar-refractivity contribution in [2.45, 2.75) is 0 Å². The Bertz CT molecular complexity index is 1540. The van der Waals surface area contributed by atoms with E-state index in [1.54, 1.807) is 48.5 Å². The lowest BCUT2D eigenvalue weighted by atomic mass is 10.1. The van der Waals surface area contributed by atoms with E-state index in [2.05, 4.69) is 11.1 Å². The smallest absolute Gasteiger partial charge is 0.231 e. The summed E-state index contributed by atoms with van der Waals surface area (Å²) in [6, 6.07) is 19.7. The summed E-state index contributed by atoms with van der Waals surface area (Å²) in [5, 5.41) is 12.8. The number of allylic oxidation sites excluding steroid dienone is 1. The van der Waals surface area contributed by atoms with Crippen molar-refractivity contribution in [3.05, 3.63) is 87.2 Å². The summed E-state index contributed by atoms with van der Waals surface area (Å²) in [6.07, 6.45) is 1.73. The zero-order valence-corrected chi connectivity index (χ0v) is 21.1. The lowest BCUT2D eigenvalue weighted by Gasteiger charge is -2.11. The molecule has 0 atom stereocenters. The van der Waals surface area contributed by atoms with Gasteiger partial charge in [-0.1, -0.05) is 17.7 Å². The SMILES string of the molecule is COc1cc(C=C(C#N)c2nc(-c3ccc4c(c3)OCO4)cs2)ccc1OCC(=O)c1ccc(Cl)cc1. The predicted octanol–water partition coefficient (Wildman–Crippen LogP) is 6.53. The highest BCUT2D eigenvalue weighted by Crippen LogP contribution is 2.37. The number of fused-ring (bicyclic) bond motifs is 1. The predicted molar refractivity (Wildman–Crippen MR) is 141 cm³/mol. The molecule has 3 aromatic carbocycles. The molecule has 37 heavy (non-hydrogen) atoms. The first-order valence-electron chi connectivity index (χ1n) is 11.1. The molecule has 0 saturated heterocycles. The number of Topliss-reactive ketones (excluding diaryl/α,β-unsaturated/α-hetero) is 1. The molecule has 1 aromatic heterocycles. The van der Waals surface area contributed by atoms with Gasteiger partial charge in [-0.3, -0.25) is 4.79 Å². The minimum absolute atomic E-state index is 0.154. The summed E-state index contributed by atoms with van der Waals surface area (Å²) in [6.45, 7) is 0.0484. The molecule has 0 unspecified atom stereocenters. The number of benzene rings is 3. The summed E-state index contributed by atoms with van der Waals surface area (Å²) in [5.74, 6) is 2.05. The van der Waals surface area contributed by atoms with E-state index in [1.807, 2.05) is 23.6 Å². The minimum Gasteiger partial charge on any atom is -0.493 e. The van der Waals surface area contributed by atoms with Gasteiger partial charge in [0.25, 0.3) is 0 Å². The van der Waals surface area contributed by atoms with Crippen molar-refractivity contribution in [1.29, 1.82) is 5.26 Å². The molecule has 0 amide bonds. The molecular formula is C28H19ClN2O5S. The van der Waals surface area contributed by atoms with Gasteiger partial charge >= 0.3 is 0 Å². The van der Waals surface area contributed by atoms with Crippen LogP contribution in [0.1, 0.15) is 20.9 Å². The van der Waals surface area contributed by atoms with E-state index in [-0.39, 0.29) is 19.2 Å². The fraction of sp³-hybridized carbons (Fsp3) is 0.107. The van der Waals surface area contributed by atoms with Crippen LogP contribution in [0.25, 0.3) is 22.9 Å². The van der Waals surface area contributed by atoms with Gasteiger partial charge in [-0.05, 0) is 66.2 Å². The molecule has 0 saturated carbocycles. The van der Waals surface area contributed by atoms with Crippen LogP contribution in [-0.4, -0.2) is 31.3 Å². The maximum atomic E-state index is 12.4. The second-order valence-electron chi connectivity index (χ2n) is 7.90. The molecule has 0 radical (unpaired) electrons. The van der Waals surface area contributed by atoms with E-state index >= 15 is 0 Å². The molecule has 0 aliphatic carbocycles. The summed E-state index contributed by atoms with van der Waals surface area (Å²) in [5.41, 5.74) is 3.26. The molecule has 4 aromatic rings. The van der Waals surface area contributed by atoms with Gasteiger partial charge < -0.3 is 18.9 Å². The quantitative estimate of drug-likeness (QED) is 0.189. The number of ketones is 1. The van der Waals surface area contributed by atoms with Crippen LogP contribution in [0.5, 0.6) is 23.0 Å². The van der Waals surface area contributed by atoms with Gasteiger partial charge in [-0.2, -0.15) is 5.26 Å². The molecule has 7 nitrogen and oxygen atoms in total. The molecule has 0 spiro atoms. The van der Waals surface area contributed by atoms with Crippen LogP contribution in [0.3, 0.4) is 0 Å². The third-order valence-electron chi connectivity index (χ3n) is 5.55. The summed E-state index contributed by atoms with van der Waals surface area (Å²) in [7, 11) is 1.51. The average molecular weight is 531 g/mol. The van der Waals surface area contributed by atoms with Crippen LogP contribution >= 0.6 is 22.9 Å². The van der Waals surface area contributed by atoms with E-state index in [9.17, 15) is 10.1 Å². The number of aromatic nitrogens is 1. The molecule has 1 aliphatic rings. The lowest BCUT2D eigenvalue weighted by Crippen LogP contribution is -2.12. The van der Waals surface area contributed by atoms with E-state index in [0.29, 0.717) is 44.2 Å². The molecule has 2 heterocycles. The van der Waals surface area contributed by atoms with Crippen LogP contribution in [0.15, 0.2) is 66.0 Å². The first kappa shape index (κ1) is 24.4. The Hall–Kier alpha value is -4.32. The van der Waals surface area contributed by atoms with Crippen molar-refractivity contribution in [2.75, 3.05) is 20.5 Å². The standard InChI is InChI=1S/C28H19ClN2O5S/c1-33-26-11-17(2-8-24(26)34-14-23(32)18-3-6-21(29)7-4-18)10-20(13-30)28-31-22(15-37-28)19-5-9-25-27(12-19)36-16-35-25/h2-12,15H,14,16H2,1H3. The van der Waals surface area contributed by atoms with Crippen molar-refractivity contribution < 1.29 is 23.7 Å². The molecular weight excluding hydrogens is 512 g/mol. The molecule has 0 N–H and O–H groups in total. The van der Waals surface area contributed by atoms with Crippen molar-refractivity contribution >= 4 is 40.4 Å². The Morgan fingerprint density at radius 2 is 1.92 bits per heavy atom. The molecule has 5 rings (SSSR count). The zero-order chi connectivity index (χ0) is 25.8. The van der Waals surface area contributed by atoms with Gasteiger partial charge in [0.05, 0.1) is 18.4 Å². The first-order valence-corrected chi connectivity index (χ1v) is 12.4. The molecule has 9 heteroatoms. The van der Waals surface area contributed by atoms with E-state index < -0.39 is 0 Å². The van der Waals surface area contributed by atoms with E-state index in [4.69, 9.17) is 30.5 Å². The monoisotopic (exact) mass is 530 g/mol. The Morgan fingerprint density at radius 3 is 2.70 bits per heavy atom. The second kappa shape index (κ2) is 10.7. The summed E-state index contributed by atoms with van der Waals surface area (Å²) < 4.78 is 22.0. The Labute approximate surface area is 222 Å². The lowest BCUT2D eigenvalue weighted by molar-refractivity contribution is 0.0919.